The minimum atomic E-state index is -3.84. The minimum Gasteiger partial charge on any atom is -0.381 e. The molecule has 0 bridgehead atoms. The van der Waals surface area contributed by atoms with Gasteiger partial charge in [-0.3, -0.25) is 0 Å². The molecular weight excluding hydrogens is 326 g/mol. The predicted octanol–water partition coefficient (Wildman–Crippen LogP) is 1.59. The number of aromatic nitrogens is 2. The summed E-state index contributed by atoms with van der Waals surface area (Å²) >= 11 is 5.86. The quantitative estimate of drug-likeness (QED) is 0.896. The van der Waals surface area contributed by atoms with Crippen LogP contribution in [0.5, 0.6) is 0 Å². The standard InChI is InChI=1S/C13H12ClN5O2S/c1-2-19-13-11(12(15)18-22(19,20)21)17-10(7-16-13)8-3-5-9(14)6-4-8/h3-7H,2H2,1H3,(H2,15,18). The van der Waals surface area contributed by atoms with E-state index in [-0.39, 0.29) is 23.9 Å². The van der Waals surface area contributed by atoms with Crippen molar-refractivity contribution >= 4 is 33.5 Å². The van der Waals surface area contributed by atoms with E-state index in [2.05, 4.69) is 14.4 Å². The van der Waals surface area contributed by atoms with Crippen molar-refractivity contribution in [2.75, 3.05) is 10.8 Å². The van der Waals surface area contributed by atoms with Gasteiger partial charge in [-0.25, -0.2) is 14.3 Å². The Balaban J connectivity index is 2.15. The lowest BCUT2D eigenvalue weighted by Crippen LogP contribution is -2.38. The number of anilines is 1. The molecule has 0 fully saturated rings. The monoisotopic (exact) mass is 337 g/mol. The maximum atomic E-state index is 12.0. The lowest BCUT2D eigenvalue weighted by atomic mass is 10.1. The van der Waals surface area contributed by atoms with Gasteiger partial charge in [0.25, 0.3) is 0 Å². The molecule has 0 saturated heterocycles. The SMILES string of the molecule is CCN1c2ncc(-c3ccc(Cl)cc3)nc2C(N)=NS1(=O)=O. The lowest BCUT2D eigenvalue weighted by molar-refractivity contribution is 0.592. The highest BCUT2D eigenvalue weighted by molar-refractivity contribution is 7.91. The third-order valence-electron chi connectivity index (χ3n) is 3.15. The van der Waals surface area contributed by atoms with E-state index in [9.17, 15) is 8.42 Å². The van der Waals surface area contributed by atoms with Crippen molar-refractivity contribution < 1.29 is 8.42 Å². The molecule has 0 atom stereocenters. The Kier molecular flexibility index (Phi) is 3.50. The van der Waals surface area contributed by atoms with Gasteiger partial charge in [0, 0.05) is 17.1 Å². The van der Waals surface area contributed by atoms with E-state index in [1.165, 1.54) is 6.20 Å². The molecule has 0 unspecified atom stereocenters. The Morgan fingerprint density at radius 1 is 1.27 bits per heavy atom. The van der Waals surface area contributed by atoms with Crippen LogP contribution in [-0.4, -0.2) is 30.8 Å². The summed E-state index contributed by atoms with van der Waals surface area (Å²) in [7, 11) is -3.84. The lowest BCUT2D eigenvalue weighted by Gasteiger charge is -2.24. The zero-order chi connectivity index (χ0) is 15.9. The molecule has 1 aliphatic heterocycles. The molecule has 1 aromatic heterocycles. The number of fused-ring (bicyclic) bond motifs is 1. The van der Waals surface area contributed by atoms with Crippen molar-refractivity contribution in [3.8, 4) is 11.3 Å². The molecule has 0 radical (unpaired) electrons. The molecule has 1 aromatic carbocycles. The Bertz CT molecular complexity index is 864. The maximum Gasteiger partial charge on any atom is 0.347 e. The molecule has 22 heavy (non-hydrogen) atoms. The second kappa shape index (κ2) is 5.22. The summed E-state index contributed by atoms with van der Waals surface area (Å²) in [6.45, 7) is 1.88. The van der Waals surface area contributed by atoms with Gasteiger partial charge >= 0.3 is 10.2 Å². The van der Waals surface area contributed by atoms with Crippen LogP contribution >= 0.6 is 11.6 Å². The van der Waals surface area contributed by atoms with Crippen molar-refractivity contribution in [1.82, 2.24) is 9.97 Å². The minimum absolute atomic E-state index is 0.164. The molecule has 2 N–H and O–H groups in total. The summed E-state index contributed by atoms with van der Waals surface area (Å²) < 4.78 is 28.5. The molecule has 1 aliphatic rings. The number of benzene rings is 1. The molecule has 7 nitrogen and oxygen atoms in total. The number of halogens is 1. The van der Waals surface area contributed by atoms with Crippen LogP contribution in [0.15, 0.2) is 34.9 Å². The van der Waals surface area contributed by atoms with Gasteiger partial charge < -0.3 is 5.73 Å². The topological polar surface area (TPSA) is 102 Å². The Hall–Kier alpha value is -2.19. The molecule has 0 saturated carbocycles. The molecule has 114 valence electrons. The number of hydrogen-bond acceptors (Lipinski definition) is 5. The van der Waals surface area contributed by atoms with Crippen LogP contribution in [0.4, 0.5) is 5.82 Å². The van der Waals surface area contributed by atoms with Crippen LogP contribution in [0.2, 0.25) is 5.02 Å². The van der Waals surface area contributed by atoms with E-state index in [4.69, 9.17) is 17.3 Å². The number of hydrogen-bond donors (Lipinski definition) is 1. The molecular formula is C13H12ClN5O2S. The summed E-state index contributed by atoms with van der Waals surface area (Å²) in [4.78, 5) is 8.60. The first-order valence-electron chi connectivity index (χ1n) is 6.44. The molecule has 0 spiro atoms. The first-order valence-corrected chi connectivity index (χ1v) is 8.21. The van der Waals surface area contributed by atoms with E-state index in [0.29, 0.717) is 10.7 Å². The zero-order valence-corrected chi connectivity index (χ0v) is 13.1. The second-order valence-corrected chi connectivity index (χ2v) is 6.51. The molecule has 0 aliphatic carbocycles. The van der Waals surface area contributed by atoms with Crippen molar-refractivity contribution in [2.24, 2.45) is 10.1 Å². The molecule has 0 amide bonds. The second-order valence-electron chi connectivity index (χ2n) is 4.55. The fraction of sp³-hybridized carbons (Fsp3) is 0.154. The predicted molar refractivity (Wildman–Crippen MR) is 85.1 cm³/mol. The van der Waals surface area contributed by atoms with Crippen molar-refractivity contribution in [3.63, 3.8) is 0 Å². The average molecular weight is 338 g/mol. The van der Waals surface area contributed by atoms with Gasteiger partial charge in [-0.15, -0.1) is 4.40 Å². The van der Waals surface area contributed by atoms with E-state index in [1.807, 2.05) is 0 Å². The highest BCUT2D eigenvalue weighted by Gasteiger charge is 2.31. The van der Waals surface area contributed by atoms with Crippen molar-refractivity contribution in [2.45, 2.75) is 6.92 Å². The zero-order valence-electron chi connectivity index (χ0n) is 11.6. The van der Waals surface area contributed by atoms with Crippen molar-refractivity contribution in [1.29, 1.82) is 0 Å². The number of rotatable bonds is 2. The molecule has 9 heteroatoms. The summed E-state index contributed by atoms with van der Waals surface area (Å²) in [5.74, 6) is 0.0238. The number of nitrogens with two attached hydrogens (primary N) is 1. The molecule has 3 rings (SSSR count). The van der Waals surface area contributed by atoms with E-state index < -0.39 is 10.2 Å². The van der Waals surface area contributed by atoms with E-state index in [1.54, 1.807) is 31.2 Å². The van der Waals surface area contributed by atoms with Gasteiger partial charge in [-0.05, 0) is 19.1 Å². The third-order valence-corrected chi connectivity index (χ3v) is 4.82. The normalized spacial score (nSPS) is 16.1. The van der Waals surface area contributed by atoms with Crippen LogP contribution in [0.3, 0.4) is 0 Å². The van der Waals surface area contributed by atoms with Crippen molar-refractivity contribution in [3.05, 3.63) is 41.2 Å². The van der Waals surface area contributed by atoms with Gasteiger partial charge in [-0.2, -0.15) is 8.42 Å². The first kappa shape index (κ1) is 14.7. The summed E-state index contributed by atoms with van der Waals surface area (Å²) in [5.41, 5.74) is 7.34. The fourth-order valence-electron chi connectivity index (χ4n) is 2.14. The largest absolute Gasteiger partial charge is 0.381 e. The van der Waals surface area contributed by atoms with Gasteiger partial charge in [0.2, 0.25) is 0 Å². The van der Waals surface area contributed by atoms with Gasteiger partial charge in [0.1, 0.15) is 0 Å². The summed E-state index contributed by atoms with van der Waals surface area (Å²) in [5, 5.41) is 0.610. The Labute approximate surface area is 132 Å². The van der Waals surface area contributed by atoms with Crippen LogP contribution < -0.4 is 10.0 Å². The average Bonchev–Trinajstić information content (AvgIpc) is 2.47. The summed E-state index contributed by atoms with van der Waals surface area (Å²) in [6.07, 6.45) is 1.50. The van der Waals surface area contributed by atoms with Gasteiger partial charge in [-0.1, -0.05) is 23.7 Å². The van der Waals surface area contributed by atoms with E-state index >= 15 is 0 Å². The highest BCUT2D eigenvalue weighted by Crippen LogP contribution is 2.27. The van der Waals surface area contributed by atoms with Crippen LogP contribution in [0.1, 0.15) is 12.6 Å². The Morgan fingerprint density at radius 3 is 2.59 bits per heavy atom. The van der Waals surface area contributed by atoms with Crippen LogP contribution in [0, 0.1) is 0 Å². The molecule has 2 aromatic rings. The highest BCUT2D eigenvalue weighted by atomic mass is 35.5. The molecule has 2 heterocycles. The van der Waals surface area contributed by atoms with E-state index in [0.717, 1.165) is 9.87 Å². The van der Waals surface area contributed by atoms with Crippen LogP contribution in [-0.2, 0) is 10.2 Å². The maximum absolute atomic E-state index is 12.0. The number of amidine groups is 1. The third kappa shape index (κ3) is 2.40. The first-order chi connectivity index (χ1) is 10.4. The van der Waals surface area contributed by atoms with Gasteiger partial charge in [0.05, 0.1) is 11.9 Å². The Morgan fingerprint density at radius 2 is 1.95 bits per heavy atom. The number of nitrogens with zero attached hydrogens (tertiary/aromatic N) is 4. The smallest absolute Gasteiger partial charge is 0.347 e. The van der Waals surface area contributed by atoms with Gasteiger partial charge in [0.15, 0.2) is 17.3 Å². The fourth-order valence-corrected chi connectivity index (χ4v) is 3.37. The van der Waals surface area contributed by atoms with Crippen LogP contribution in [0.25, 0.3) is 11.3 Å². The summed E-state index contributed by atoms with van der Waals surface area (Å²) in [6, 6.07) is 7.06.